The van der Waals surface area contributed by atoms with E-state index in [4.69, 9.17) is 5.11 Å². The summed E-state index contributed by atoms with van der Waals surface area (Å²) in [6.07, 6.45) is -0.800. The van der Waals surface area contributed by atoms with Gasteiger partial charge in [-0.05, 0) is 19.1 Å². The highest BCUT2D eigenvalue weighted by Gasteiger charge is 2.21. The Bertz CT molecular complexity index is 467. The molecule has 1 aliphatic heterocycles. The normalized spacial score (nSPS) is 14.4. The third-order valence-corrected chi connectivity index (χ3v) is 3.65. The average molecular weight is 238 g/mol. The van der Waals surface area contributed by atoms with E-state index in [0.29, 0.717) is 17.7 Å². The molecule has 5 heteroatoms. The Morgan fingerprint density at radius 3 is 2.94 bits per heavy atom. The molecule has 16 heavy (non-hydrogen) atoms. The van der Waals surface area contributed by atoms with Gasteiger partial charge < -0.3 is 9.84 Å². The first-order chi connectivity index (χ1) is 7.59. The fraction of sp³-hybridized carbons (Fsp3) is 0.273. The van der Waals surface area contributed by atoms with Crippen LogP contribution in [0.2, 0.25) is 0 Å². The van der Waals surface area contributed by atoms with Crippen molar-refractivity contribution in [3.8, 4) is 5.75 Å². The molecule has 0 saturated carbocycles. The van der Waals surface area contributed by atoms with Gasteiger partial charge in [0.25, 0.3) is 0 Å². The van der Waals surface area contributed by atoms with Gasteiger partial charge in [0.05, 0.1) is 0 Å². The molecule has 1 aromatic carbocycles. The lowest BCUT2D eigenvalue weighted by atomic mass is 10.0. The Morgan fingerprint density at radius 2 is 2.25 bits per heavy atom. The van der Waals surface area contributed by atoms with Crippen molar-refractivity contribution < 1.29 is 19.4 Å². The van der Waals surface area contributed by atoms with E-state index in [9.17, 15) is 9.59 Å². The third-order valence-electron chi connectivity index (χ3n) is 2.43. The van der Waals surface area contributed by atoms with E-state index in [1.807, 2.05) is 0 Å². The number of Topliss-reactive ketones (excluding diaryl/α,β-unsaturated/α-hetero) is 1. The molecule has 0 aliphatic carbocycles. The molecule has 4 nitrogen and oxygen atoms in total. The first kappa shape index (κ1) is 11.0. The highest BCUT2D eigenvalue weighted by atomic mass is 32.2. The summed E-state index contributed by atoms with van der Waals surface area (Å²) in [7, 11) is 0. The molecule has 2 rings (SSSR count). The minimum Gasteiger partial charge on any atom is -0.449 e. The SMILES string of the molecule is Cc1c(OC(=O)O)ccc2c1SCCC2=O. The van der Waals surface area contributed by atoms with Gasteiger partial charge in [0.15, 0.2) is 5.78 Å². The number of carbonyl (C=O) groups is 2. The van der Waals surface area contributed by atoms with Crippen molar-refractivity contribution in [2.24, 2.45) is 0 Å². The van der Waals surface area contributed by atoms with Gasteiger partial charge in [-0.15, -0.1) is 11.8 Å². The van der Waals surface area contributed by atoms with Gasteiger partial charge in [-0.3, -0.25) is 4.79 Å². The molecule has 0 spiro atoms. The second kappa shape index (κ2) is 4.17. The minimum atomic E-state index is -1.34. The van der Waals surface area contributed by atoms with Gasteiger partial charge in [-0.1, -0.05) is 0 Å². The van der Waals surface area contributed by atoms with Crippen LogP contribution in [0.3, 0.4) is 0 Å². The van der Waals surface area contributed by atoms with Gasteiger partial charge in [0.2, 0.25) is 0 Å². The molecule has 0 radical (unpaired) electrons. The maximum absolute atomic E-state index is 11.6. The third kappa shape index (κ3) is 1.90. The summed E-state index contributed by atoms with van der Waals surface area (Å²) in [6, 6.07) is 3.17. The van der Waals surface area contributed by atoms with Crippen molar-refractivity contribution >= 4 is 23.7 Å². The summed E-state index contributed by atoms with van der Waals surface area (Å²) in [5.41, 5.74) is 1.39. The Morgan fingerprint density at radius 1 is 1.50 bits per heavy atom. The van der Waals surface area contributed by atoms with E-state index < -0.39 is 6.16 Å². The Balaban J connectivity index is 2.46. The molecule has 84 valence electrons. The van der Waals surface area contributed by atoms with E-state index in [2.05, 4.69) is 4.74 Å². The lowest BCUT2D eigenvalue weighted by molar-refractivity contribution is 0.0984. The Kier molecular flexibility index (Phi) is 2.87. The highest BCUT2D eigenvalue weighted by molar-refractivity contribution is 7.99. The second-order valence-electron chi connectivity index (χ2n) is 3.45. The van der Waals surface area contributed by atoms with Crippen LogP contribution in [0.4, 0.5) is 4.79 Å². The van der Waals surface area contributed by atoms with Gasteiger partial charge in [0.1, 0.15) is 5.75 Å². The van der Waals surface area contributed by atoms with Crippen molar-refractivity contribution in [3.63, 3.8) is 0 Å². The van der Waals surface area contributed by atoms with Gasteiger partial charge in [0, 0.05) is 28.2 Å². The number of carbonyl (C=O) groups excluding carboxylic acids is 1. The number of hydrogen-bond donors (Lipinski definition) is 1. The molecule has 1 N–H and O–H groups in total. The van der Waals surface area contributed by atoms with Crippen LogP contribution in [0, 0.1) is 6.92 Å². The smallest absolute Gasteiger partial charge is 0.449 e. The molecule has 1 aliphatic rings. The van der Waals surface area contributed by atoms with Gasteiger partial charge in [-0.2, -0.15) is 0 Å². The number of thioether (sulfide) groups is 1. The van der Waals surface area contributed by atoms with Crippen LogP contribution in [-0.2, 0) is 0 Å². The highest BCUT2D eigenvalue weighted by Crippen LogP contribution is 2.37. The van der Waals surface area contributed by atoms with E-state index in [1.165, 1.54) is 6.07 Å². The topological polar surface area (TPSA) is 63.6 Å². The zero-order valence-electron chi connectivity index (χ0n) is 8.65. The van der Waals surface area contributed by atoms with Crippen molar-refractivity contribution in [1.29, 1.82) is 0 Å². The van der Waals surface area contributed by atoms with Crippen LogP contribution in [0.25, 0.3) is 0 Å². The van der Waals surface area contributed by atoms with E-state index in [1.54, 1.807) is 24.8 Å². The van der Waals surface area contributed by atoms with Gasteiger partial charge >= 0.3 is 6.16 Å². The van der Waals surface area contributed by atoms with Crippen molar-refractivity contribution in [1.82, 2.24) is 0 Å². The van der Waals surface area contributed by atoms with Crippen LogP contribution in [0.5, 0.6) is 5.75 Å². The maximum atomic E-state index is 11.6. The summed E-state index contributed by atoms with van der Waals surface area (Å²) in [6.45, 7) is 1.77. The number of carboxylic acid groups (broad SMARTS) is 1. The molecule has 0 aromatic heterocycles. The molecule has 0 atom stereocenters. The van der Waals surface area contributed by atoms with Crippen LogP contribution in [0.1, 0.15) is 22.3 Å². The summed E-state index contributed by atoms with van der Waals surface area (Å²) >= 11 is 1.57. The number of rotatable bonds is 1. The fourth-order valence-electron chi connectivity index (χ4n) is 1.66. The number of ether oxygens (including phenoxy) is 1. The summed E-state index contributed by atoms with van der Waals surface area (Å²) in [4.78, 5) is 22.9. The molecule has 0 fully saturated rings. The zero-order chi connectivity index (χ0) is 11.7. The monoisotopic (exact) mass is 238 g/mol. The van der Waals surface area contributed by atoms with Crippen LogP contribution < -0.4 is 4.74 Å². The van der Waals surface area contributed by atoms with E-state index >= 15 is 0 Å². The molecule has 0 saturated heterocycles. The van der Waals surface area contributed by atoms with E-state index in [-0.39, 0.29) is 5.78 Å². The predicted octanol–water partition coefficient (Wildman–Crippen LogP) is 2.73. The standard InChI is InChI=1S/C11H10O4S/c1-6-9(15-11(13)14)3-2-7-8(12)4-5-16-10(6)7/h2-3H,4-5H2,1H3,(H,13,14). The number of ketones is 1. The predicted molar refractivity (Wildman–Crippen MR) is 59.5 cm³/mol. The molecular weight excluding hydrogens is 228 g/mol. The average Bonchev–Trinajstić information content (AvgIpc) is 2.23. The first-order valence-corrected chi connectivity index (χ1v) is 5.78. The summed E-state index contributed by atoms with van der Waals surface area (Å²) in [5, 5.41) is 8.55. The second-order valence-corrected chi connectivity index (χ2v) is 4.56. The van der Waals surface area contributed by atoms with Crippen LogP contribution in [0.15, 0.2) is 17.0 Å². The molecular formula is C11H10O4S. The molecule has 1 aromatic rings. The quantitative estimate of drug-likeness (QED) is 0.602. The number of benzene rings is 1. The zero-order valence-corrected chi connectivity index (χ0v) is 9.47. The first-order valence-electron chi connectivity index (χ1n) is 4.80. The lowest BCUT2D eigenvalue weighted by Gasteiger charge is -2.17. The van der Waals surface area contributed by atoms with Crippen LogP contribution in [-0.4, -0.2) is 22.8 Å². The molecule has 1 heterocycles. The Labute approximate surface area is 96.6 Å². The van der Waals surface area contributed by atoms with Crippen LogP contribution >= 0.6 is 11.8 Å². The van der Waals surface area contributed by atoms with Crippen molar-refractivity contribution in [2.45, 2.75) is 18.2 Å². The molecule has 0 amide bonds. The minimum absolute atomic E-state index is 0.110. The maximum Gasteiger partial charge on any atom is 0.511 e. The fourth-order valence-corrected chi connectivity index (χ4v) is 2.81. The molecule has 0 bridgehead atoms. The number of hydrogen-bond acceptors (Lipinski definition) is 4. The van der Waals surface area contributed by atoms with Crippen molar-refractivity contribution in [2.75, 3.05) is 5.75 Å². The lowest BCUT2D eigenvalue weighted by Crippen LogP contribution is -2.11. The molecule has 0 unspecified atom stereocenters. The Hall–Kier alpha value is -1.49. The van der Waals surface area contributed by atoms with Crippen molar-refractivity contribution in [3.05, 3.63) is 23.3 Å². The van der Waals surface area contributed by atoms with E-state index in [0.717, 1.165) is 16.2 Å². The van der Waals surface area contributed by atoms with Gasteiger partial charge in [-0.25, -0.2) is 4.79 Å². The summed E-state index contributed by atoms with van der Waals surface area (Å²) in [5.74, 6) is 1.15. The largest absolute Gasteiger partial charge is 0.511 e. The summed E-state index contributed by atoms with van der Waals surface area (Å²) < 4.78 is 4.64. The number of fused-ring (bicyclic) bond motifs is 1.